The van der Waals surface area contributed by atoms with Crippen molar-refractivity contribution >= 4 is 33.4 Å². The summed E-state index contributed by atoms with van der Waals surface area (Å²) in [5.41, 5.74) is 0.328. The van der Waals surface area contributed by atoms with Crippen molar-refractivity contribution in [1.29, 1.82) is 0 Å². The Morgan fingerprint density at radius 2 is 2.06 bits per heavy atom. The maximum atomic E-state index is 13.1. The van der Waals surface area contributed by atoms with E-state index >= 15 is 0 Å². The molecule has 1 amide bonds. The molecular weight excluding hydrogens is 308 g/mol. The van der Waals surface area contributed by atoms with Crippen molar-refractivity contribution in [2.75, 3.05) is 12.4 Å². The van der Waals surface area contributed by atoms with Gasteiger partial charge in [-0.1, -0.05) is 22.4 Å². The lowest BCUT2D eigenvalue weighted by molar-refractivity contribution is 0.0952. The third kappa shape index (κ3) is 5.50. The summed E-state index contributed by atoms with van der Waals surface area (Å²) >= 11 is 8.69. The first kappa shape index (κ1) is 14.5. The highest BCUT2D eigenvalue weighted by atomic mass is 79.9. The van der Waals surface area contributed by atoms with Crippen molar-refractivity contribution in [3.63, 3.8) is 0 Å². The lowest BCUT2D eigenvalue weighted by atomic mass is 10.2. The monoisotopic (exact) mass is 321 g/mol. The van der Waals surface area contributed by atoms with Gasteiger partial charge in [-0.25, -0.2) is 4.39 Å². The molecule has 0 bridgehead atoms. The van der Waals surface area contributed by atoms with E-state index in [0.29, 0.717) is 22.5 Å². The Kier molecular flexibility index (Phi) is 6.52. The van der Waals surface area contributed by atoms with Crippen molar-refractivity contribution in [2.24, 2.45) is 0 Å². The number of unbranched alkanes of at least 4 members (excludes halogenated alkanes) is 2. The normalized spacial score (nSPS) is 10.3. The highest BCUT2D eigenvalue weighted by Gasteiger charge is 2.07. The molecular formula is C12H14BrClFNO. The Morgan fingerprint density at radius 3 is 2.71 bits per heavy atom. The van der Waals surface area contributed by atoms with Crippen molar-refractivity contribution in [1.82, 2.24) is 5.32 Å². The van der Waals surface area contributed by atoms with Gasteiger partial charge in [0.2, 0.25) is 0 Å². The zero-order valence-corrected chi connectivity index (χ0v) is 11.7. The molecule has 0 aliphatic heterocycles. The molecule has 0 aliphatic carbocycles. The standard InChI is InChI=1S/C12H14BrClFNO/c13-10-6-9(7-11(15)8-10)12(17)16-5-3-1-2-4-14/h6-8H,1-5H2,(H,16,17). The summed E-state index contributed by atoms with van der Waals surface area (Å²) in [6, 6.07) is 4.13. The number of hydrogen-bond donors (Lipinski definition) is 1. The number of hydrogen-bond acceptors (Lipinski definition) is 1. The summed E-state index contributed by atoms with van der Waals surface area (Å²) in [6.07, 6.45) is 2.81. The summed E-state index contributed by atoms with van der Waals surface area (Å²) in [6.45, 7) is 0.587. The smallest absolute Gasteiger partial charge is 0.251 e. The summed E-state index contributed by atoms with van der Waals surface area (Å²) in [5, 5.41) is 2.74. The highest BCUT2D eigenvalue weighted by Crippen LogP contribution is 2.14. The molecule has 0 saturated heterocycles. The van der Waals surface area contributed by atoms with Crippen LogP contribution in [0.4, 0.5) is 4.39 Å². The van der Waals surface area contributed by atoms with Crippen molar-refractivity contribution in [3.8, 4) is 0 Å². The van der Waals surface area contributed by atoms with Gasteiger partial charge in [-0.2, -0.15) is 0 Å². The average molecular weight is 323 g/mol. The Morgan fingerprint density at radius 1 is 1.29 bits per heavy atom. The van der Waals surface area contributed by atoms with Crippen LogP contribution < -0.4 is 5.32 Å². The van der Waals surface area contributed by atoms with Crippen LogP contribution in [0.2, 0.25) is 0 Å². The summed E-state index contributed by atoms with van der Waals surface area (Å²) in [4.78, 5) is 11.7. The Balaban J connectivity index is 2.41. The molecule has 0 unspecified atom stereocenters. The van der Waals surface area contributed by atoms with E-state index in [1.54, 1.807) is 6.07 Å². The molecule has 5 heteroatoms. The predicted molar refractivity (Wildman–Crippen MR) is 71.0 cm³/mol. The van der Waals surface area contributed by atoms with Crippen LogP contribution in [-0.2, 0) is 0 Å². The van der Waals surface area contributed by atoms with Crippen LogP contribution in [-0.4, -0.2) is 18.3 Å². The summed E-state index contributed by atoms with van der Waals surface area (Å²) in [5.74, 6) is -0.0344. The molecule has 1 aromatic rings. The minimum atomic E-state index is -0.424. The fraction of sp³-hybridized carbons (Fsp3) is 0.417. The highest BCUT2D eigenvalue weighted by molar-refractivity contribution is 9.10. The van der Waals surface area contributed by atoms with Gasteiger partial charge in [0.05, 0.1) is 0 Å². The SMILES string of the molecule is O=C(NCCCCCCl)c1cc(F)cc(Br)c1. The van der Waals surface area contributed by atoms with Gasteiger partial charge in [-0.05, 0) is 31.0 Å². The third-order valence-corrected chi connectivity index (χ3v) is 2.95. The van der Waals surface area contributed by atoms with E-state index in [2.05, 4.69) is 21.2 Å². The maximum absolute atomic E-state index is 13.1. The van der Waals surface area contributed by atoms with Crippen LogP contribution in [0.1, 0.15) is 29.6 Å². The molecule has 0 radical (unpaired) electrons. The Bertz CT molecular complexity index is 367. The van der Waals surface area contributed by atoms with Crippen molar-refractivity contribution < 1.29 is 9.18 Å². The van der Waals surface area contributed by atoms with Crippen LogP contribution in [0, 0.1) is 5.82 Å². The molecule has 0 aromatic heterocycles. The number of alkyl halides is 1. The lowest BCUT2D eigenvalue weighted by Gasteiger charge is -2.05. The number of rotatable bonds is 6. The van der Waals surface area contributed by atoms with Crippen LogP contribution in [0.25, 0.3) is 0 Å². The largest absolute Gasteiger partial charge is 0.352 e. The van der Waals surface area contributed by atoms with E-state index in [1.165, 1.54) is 12.1 Å². The molecule has 0 atom stereocenters. The minimum absolute atomic E-state index is 0.254. The molecule has 0 heterocycles. The van der Waals surface area contributed by atoms with Gasteiger partial charge in [0.1, 0.15) is 5.82 Å². The molecule has 0 aliphatic rings. The van der Waals surface area contributed by atoms with Crippen molar-refractivity contribution in [2.45, 2.75) is 19.3 Å². The second kappa shape index (κ2) is 7.67. The zero-order valence-electron chi connectivity index (χ0n) is 9.31. The summed E-state index contributed by atoms with van der Waals surface area (Å²) in [7, 11) is 0. The van der Waals surface area contributed by atoms with Gasteiger partial charge in [0.15, 0.2) is 0 Å². The van der Waals surface area contributed by atoms with Gasteiger partial charge in [-0.15, -0.1) is 11.6 Å². The molecule has 1 rings (SSSR count). The molecule has 0 fully saturated rings. The fourth-order valence-electron chi connectivity index (χ4n) is 1.39. The number of benzene rings is 1. The zero-order chi connectivity index (χ0) is 12.7. The van der Waals surface area contributed by atoms with E-state index in [0.717, 1.165) is 19.3 Å². The first-order chi connectivity index (χ1) is 8.13. The Hall–Kier alpha value is -0.610. The van der Waals surface area contributed by atoms with Gasteiger partial charge >= 0.3 is 0 Å². The summed E-state index contributed by atoms with van der Waals surface area (Å²) < 4.78 is 13.6. The van der Waals surface area contributed by atoms with Gasteiger partial charge < -0.3 is 5.32 Å². The van der Waals surface area contributed by atoms with Crippen LogP contribution in [0.15, 0.2) is 22.7 Å². The average Bonchev–Trinajstić information content (AvgIpc) is 2.27. The van der Waals surface area contributed by atoms with Gasteiger partial charge in [0, 0.05) is 22.5 Å². The number of carbonyl (C=O) groups excluding carboxylic acids is 1. The van der Waals surface area contributed by atoms with E-state index in [1.807, 2.05) is 0 Å². The molecule has 0 spiro atoms. The van der Waals surface area contributed by atoms with E-state index in [9.17, 15) is 9.18 Å². The first-order valence-electron chi connectivity index (χ1n) is 5.43. The second-order valence-corrected chi connectivity index (χ2v) is 4.96. The molecule has 94 valence electrons. The van der Waals surface area contributed by atoms with E-state index < -0.39 is 5.82 Å². The van der Waals surface area contributed by atoms with Crippen molar-refractivity contribution in [3.05, 3.63) is 34.1 Å². The topological polar surface area (TPSA) is 29.1 Å². The lowest BCUT2D eigenvalue weighted by Crippen LogP contribution is -2.24. The number of amides is 1. The maximum Gasteiger partial charge on any atom is 0.251 e. The number of halogens is 3. The number of nitrogens with one attached hydrogen (secondary N) is 1. The predicted octanol–water partition coefficient (Wildman–Crippen LogP) is 3.73. The molecule has 0 saturated carbocycles. The quantitative estimate of drug-likeness (QED) is 0.627. The van der Waals surface area contributed by atoms with Gasteiger partial charge in [0.25, 0.3) is 5.91 Å². The third-order valence-electron chi connectivity index (χ3n) is 2.22. The Labute approximate surface area is 114 Å². The minimum Gasteiger partial charge on any atom is -0.352 e. The fourth-order valence-corrected chi connectivity index (χ4v) is 2.04. The van der Waals surface area contributed by atoms with Crippen LogP contribution in [0.3, 0.4) is 0 Å². The van der Waals surface area contributed by atoms with E-state index in [-0.39, 0.29) is 5.91 Å². The number of carbonyl (C=O) groups is 1. The van der Waals surface area contributed by atoms with Crippen LogP contribution in [0.5, 0.6) is 0 Å². The first-order valence-corrected chi connectivity index (χ1v) is 6.76. The molecule has 17 heavy (non-hydrogen) atoms. The molecule has 1 N–H and O–H groups in total. The van der Waals surface area contributed by atoms with Crippen LogP contribution >= 0.6 is 27.5 Å². The van der Waals surface area contributed by atoms with E-state index in [4.69, 9.17) is 11.6 Å². The molecule has 1 aromatic carbocycles. The molecule has 2 nitrogen and oxygen atoms in total. The van der Waals surface area contributed by atoms with Gasteiger partial charge in [-0.3, -0.25) is 4.79 Å². The second-order valence-electron chi connectivity index (χ2n) is 3.66.